The van der Waals surface area contributed by atoms with Crippen LogP contribution < -0.4 is 9.04 Å². The lowest BCUT2D eigenvalue weighted by molar-refractivity contribution is 0.0318. The first kappa shape index (κ1) is 23.0. The summed E-state index contributed by atoms with van der Waals surface area (Å²) in [6.07, 6.45) is -1.05. The van der Waals surface area contributed by atoms with Crippen molar-refractivity contribution in [1.82, 2.24) is 0 Å². The van der Waals surface area contributed by atoms with E-state index in [1.54, 1.807) is 54.6 Å². The van der Waals surface area contributed by atoms with Gasteiger partial charge >= 0.3 is 5.97 Å². The summed E-state index contributed by atoms with van der Waals surface area (Å²) in [6, 6.07) is 20.6. The van der Waals surface area contributed by atoms with Gasteiger partial charge in [0, 0.05) is 12.6 Å². The summed E-state index contributed by atoms with van der Waals surface area (Å²) >= 11 is 0. The zero-order chi connectivity index (χ0) is 23.3. The minimum Gasteiger partial charge on any atom is -0.497 e. The maximum atomic E-state index is 13.0. The van der Waals surface area contributed by atoms with Crippen molar-refractivity contribution in [2.75, 3.05) is 18.5 Å². The molecule has 0 aromatic heterocycles. The molecule has 0 saturated carbocycles. The molecule has 3 rings (SSSR count). The number of carbonyl (C=O) groups excluding carboxylic acids is 2. The normalized spacial score (nSPS) is 12.0. The van der Waals surface area contributed by atoms with E-state index in [0.717, 1.165) is 4.31 Å². The molecule has 166 valence electrons. The van der Waals surface area contributed by atoms with Gasteiger partial charge in [-0.2, -0.15) is 0 Å². The second kappa shape index (κ2) is 9.65. The fourth-order valence-electron chi connectivity index (χ4n) is 2.99. The predicted molar refractivity (Wildman–Crippen MR) is 121 cm³/mol. The molecular formula is C24H23NO6S. The lowest BCUT2D eigenvalue weighted by Gasteiger charge is -2.20. The highest BCUT2D eigenvalue weighted by molar-refractivity contribution is 7.92. The van der Waals surface area contributed by atoms with Crippen molar-refractivity contribution in [1.29, 1.82) is 0 Å². The molecule has 0 fully saturated rings. The van der Waals surface area contributed by atoms with Crippen molar-refractivity contribution in [3.63, 3.8) is 0 Å². The molecular weight excluding hydrogens is 430 g/mol. The average Bonchev–Trinajstić information content (AvgIpc) is 2.83. The highest BCUT2D eigenvalue weighted by atomic mass is 32.2. The van der Waals surface area contributed by atoms with Crippen LogP contribution in [0.3, 0.4) is 0 Å². The zero-order valence-corrected chi connectivity index (χ0v) is 18.7. The average molecular weight is 454 g/mol. The van der Waals surface area contributed by atoms with E-state index in [9.17, 15) is 18.0 Å². The molecule has 0 aliphatic rings. The Balaban J connectivity index is 1.76. The van der Waals surface area contributed by atoms with Crippen LogP contribution in [-0.4, -0.2) is 40.4 Å². The van der Waals surface area contributed by atoms with E-state index >= 15 is 0 Å². The topological polar surface area (TPSA) is 90.0 Å². The molecule has 3 aromatic rings. The Bertz CT molecular complexity index is 1210. The lowest BCUT2D eigenvalue weighted by Crippen LogP contribution is -2.27. The van der Waals surface area contributed by atoms with Crippen LogP contribution >= 0.6 is 0 Å². The minimum atomic E-state index is -3.90. The minimum absolute atomic E-state index is 0.0296. The van der Waals surface area contributed by atoms with Crippen molar-refractivity contribution in [3.05, 3.63) is 90.0 Å². The first-order valence-corrected chi connectivity index (χ1v) is 11.2. The van der Waals surface area contributed by atoms with E-state index in [-0.39, 0.29) is 16.2 Å². The molecule has 0 spiro atoms. The van der Waals surface area contributed by atoms with Gasteiger partial charge in [0.05, 0.1) is 23.3 Å². The highest BCUT2D eigenvalue weighted by Gasteiger charge is 2.24. The molecule has 8 heteroatoms. The second-order valence-corrected chi connectivity index (χ2v) is 8.95. The molecule has 7 nitrogen and oxygen atoms in total. The van der Waals surface area contributed by atoms with Gasteiger partial charge in [-0.15, -0.1) is 0 Å². The number of anilines is 1. The largest absolute Gasteiger partial charge is 0.497 e. The number of benzene rings is 3. The molecule has 0 N–H and O–H groups in total. The van der Waals surface area contributed by atoms with Gasteiger partial charge in [-0.1, -0.05) is 24.3 Å². The molecule has 0 unspecified atom stereocenters. The summed E-state index contributed by atoms with van der Waals surface area (Å²) < 4.78 is 37.5. The third kappa shape index (κ3) is 4.97. The van der Waals surface area contributed by atoms with E-state index in [0.29, 0.717) is 17.0 Å². The summed E-state index contributed by atoms with van der Waals surface area (Å²) in [4.78, 5) is 25.1. The number of esters is 1. The maximum Gasteiger partial charge on any atom is 0.338 e. The van der Waals surface area contributed by atoms with Gasteiger partial charge in [-0.05, 0) is 61.5 Å². The Labute approximate surface area is 187 Å². The van der Waals surface area contributed by atoms with Crippen LogP contribution in [0.15, 0.2) is 83.8 Å². The molecule has 0 amide bonds. The fourth-order valence-corrected chi connectivity index (χ4v) is 4.23. The summed E-state index contributed by atoms with van der Waals surface area (Å²) in [5, 5.41) is 0. The molecule has 0 aliphatic carbocycles. The quantitative estimate of drug-likeness (QED) is 0.379. The third-order valence-electron chi connectivity index (χ3n) is 4.88. The summed E-state index contributed by atoms with van der Waals surface area (Å²) in [6.45, 7) is 1.47. The number of rotatable bonds is 8. The van der Waals surface area contributed by atoms with E-state index in [2.05, 4.69) is 0 Å². The van der Waals surface area contributed by atoms with Crippen LogP contribution in [0.4, 0.5) is 5.69 Å². The number of para-hydroxylation sites is 1. The number of Topliss-reactive ketones (excluding diaryl/α,β-unsaturated/α-hetero) is 1. The van der Waals surface area contributed by atoms with Crippen molar-refractivity contribution >= 4 is 27.5 Å². The van der Waals surface area contributed by atoms with Crippen molar-refractivity contribution in [2.24, 2.45) is 0 Å². The van der Waals surface area contributed by atoms with Gasteiger partial charge in [0.15, 0.2) is 6.10 Å². The number of ether oxygens (including phenoxy) is 2. The smallest absolute Gasteiger partial charge is 0.338 e. The Hall–Kier alpha value is -3.65. The van der Waals surface area contributed by atoms with Crippen LogP contribution in [0.25, 0.3) is 0 Å². The van der Waals surface area contributed by atoms with Crippen molar-refractivity contribution < 1.29 is 27.5 Å². The van der Waals surface area contributed by atoms with Gasteiger partial charge in [-0.3, -0.25) is 9.10 Å². The van der Waals surface area contributed by atoms with Crippen LogP contribution in [0, 0.1) is 0 Å². The van der Waals surface area contributed by atoms with E-state index in [1.165, 1.54) is 45.3 Å². The maximum absolute atomic E-state index is 13.0. The van der Waals surface area contributed by atoms with Crippen LogP contribution in [-0.2, 0) is 14.8 Å². The highest BCUT2D eigenvalue weighted by Crippen LogP contribution is 2.23. The Morgan fingerprint density at radius 1 is 0.875 bits per heavy atom. The van der Waals surface area contributed by atoms with Gasteiger partial charge in [-0.25, -0.2) is 13.2 Å². The number of hydrogen-bond donors (Lipinski definition) is 0. The molecule has 0 bridgehead atoms. The van der Waals surface area contributed by atoms with E-state index in [4.69, 9.17) is 9.47 Å². The molecule has 0 heterocycles. The molecule has 0 aliphatic heterocycles. The van der Waals surface area contributed by atoms with Crippen molar-refractivity contribution in [3.8, 4) is 5.75 Å². The number of methoxy groups -OCH3 is 1. The number of sulfonamides is 1. The predicted octanol–water partition coefficient (Wildman–Crippen LogP) is 3.95. The first-order valence-electron chi connectivity index (χ1n) is 9.77. The van der Waals surface area contributed by atoms with Crippen LogP contribution in [0.2, 0.25) is 0 Å². The molecule has 3 aromatic carbocycles. The van der Waals surface area contributed by atoms with Crippen LogP contribution in [0.1, 0.15) is 27.6 Å². The van der Waals surface area contributed by atoms with Crippen molar-refractivity contribution in [2.45, 2.75) is 17.9 Å². The first-order chi connectivity index (χ1) is 15.2. The van der Waals surface area contributed by atoms with E-state index < -0.39 is 22.1 Å². The van der Waals surface area contributed by atoms with Gasteiger partial charge in [0.2, 0.25) is 5.78 Å². The molecule has 1 atom stereocenters. The van der Waals surface area contributed by atoms with Gasteiger partial charge in [0.1, 0.15) is 5.75 Å². The summed E-state index contributed by atoms with van der Waals surface area (Å²) in [5.41, 5.74) is 0.882. The summed E-state index contributed by atoms with van der Waals surface area (Å²) in [7, 11) is -0.939. The summed E-state index contributed by atoms with van der Waals surface area (Å²) in [5.74, 6) is -0.572. The number of carbonyl (C=O) groups is 2. The SMILES string of the molecule is COc1ccc(C(=O)[C@H](C)OC(=O)c2cccc(S(=O)(=O)N(C)c3ccccc3)c2)cc1. The van der Waals surface area contributed by atoms with Gasteiger partial charge in [0.25, 0.3) is 10.0 Å². The molecule has 32 heavy (non-hydrogen) atoms. The fraction of sp³-hybridized carbons (Fsp3) is 0.167. The Morgan fingerprint density at radius 3 is 2.16 bits per heavy atom. The molecule has 0 saturated heterocycles. The number of ketones is 1. The molecule has 0 radical (unpaired) electrons. The zero-order valence-electron chi connectivity index (χ0n) is 17.9. The second-order valence-electron chi connectivity index (χ2n) is 6.98. The number of nitrogens with zero attached hydrogens (tertiary/aromatic N) is 1. The lowest BCUT2D eigenvalue weighted by atomic mass is 10.1. The number of hydrogen-bond acceptors (Lipinski definition) is 6. The Kier molecular flexibility index (Phi) is 6.95. The standard InChI is InChI=1S/C24H23NO6S/c1-17(23(26)18-12-14-21(30-3)15-13-18)31-24(27)19-8-7-11-22(16-19)32(28,29)25(2)20-9-5-4-6-10-20/h4-17H,1-3H3/t17-/m0/s1. The van der Waals surface area contributed by atoms with Gasteiger partial charge < -0.3 is 9.47 Å². The van der Waals surface area contributed by atoms with E-state index in [1.807, 2.05) is 0 Å². The Morgan fingerprint density at radius 2 is 1.53 bits per heavy atom. The third-order valence-corrected chi connectivity index (χ3v) is 6.66. The monoisotopic (exact) mass is 453 g/mol. The van der Waals surface area contributed by atoms with Crippen LogP contribution in [0.5, 0.6) is 5.75 Å².